The number of anilines is 1. The van der Waals surface area contributed by atoms with Gasteiger partial charge in [0.1, 0.15) is 5.75 Å². The summed E-state index contributed by atoms with van der Waals surface area (Å²) in [6.07, 6.45) is 0.476. The Morgan fingerprint density at radius 3 is 2.47 bits per heavy atom. The Hall–Kier alpha value is -1.55. The SMILES string of the molecule is COc1ccc(NC(=O)CCNC(C)C)cc1. The monoisotopic (exact) mass is 236 g/mol. The summed E-state index contributed by atoms with van der Waals surface area (Å²) < 4.78 is 5.04. The summed E-state index contributed by atoms with van der Waals surface area (Å²) >= 11 is 0. The van der Waals surface area contributed by atoms with Gasteiger partial charge in [0.05, 0.1) is 7.11 Å². The molecule has 4 nitrogen and oxygen atoms in total. The maximum Gasteiger partial charge on any atom is 0.225 e. The topological polar surface area (TPSA) is 50.4 Å². The number of carbonyl (C=O) groups excluding carboxylic acids is 1. The van der Waals surface area contributed by atoms with Gasteiger partial charge in [-0.25, -0.2) is 0 Å². The molecule has 0 bridgehead atoms. The highest BCUT2D eigenvalue weighted by Gasteiger charge is 2.02. The molecule has 0 heterocycles. The van der Waals surface area contributed by atoms with E-state index in [2.05, 4.69) is 24.5 Å². The number of amides is 1. The number of rotatable bonds is 6. The fraction of sp³-hybridized carbons (Fsp3) is 0.462. The van der Waals surface area contributed by atoms with Crippen molar-refractivity contribution in [3.05, 3.63) is 24.3 Å². The Kier molecular flexibility index (Phi) is 5.49. The average Bonchev–Trinajstić information content (AvgIpc) is 2.29. The van der Waals surface area contributed by atoms with E-state index in [0.29, 0.717) is 19.0 Å². The lowest BCUT2D eigenvalue weighted by Gasteiger charge is -2.08. The second kappa shape index (κ2) is 6.91. The Bertz CT molecular complexity index is 347. The van der Waals surface area contributed by atoms with Crippen LogP contribution in [-0.4, -0.2) is 25.6 Å². The summed E-state index contributed by atoms with van der Waals surface area (Å²) in [4.78, 5) is 11.6. The second-order valence-electron chi connectivity index (χ2n) is 4.14. The zero-order chi connectivity index (χ0) is 12.7. The molecule has 0 fully saturated rings. The van der Waals surface area contributed by atoms with Crippen LogP contribution in [0.1, 0.15) is 20.3 Å². The number of hydrogen-bond acceptors (Lipinski definition) is 3. The van der Waals surface area contributed by atoms with Gasteiger partial charge < -0.3 is 15.4 Å². The van der Waals surface area contributed by atoms with Crippen LogP contribution in [0, 0.1) is 0 Å². The number of hydrogen-bond donors (Lipinski definition) is 2. The van der Waals surface area contributed by atoms with E-state index in [4.69, 9.17) is 4.74 Å². The van der Waals surface area contributed by atoms with Crippen LogP contribution in [0.4, 0.5) is 5.69 Å². The van der Waals surface area contributed by atoms with Gasteiger partial charge in [-0.05, 0) is 24.3 Å². The molecule has 1 rings (SSSR count). The van der Waals surface area contributed by atoms with Crippen molar-refractivity contribution in [2.24, 2.45) is 0 Å². The standard InChI is InChI=1S/C13H20N2O2/c1-10(2)14-9-8-13(16)15-11-4-6-12(17-3)7-5-11/h4-7,10,14H,8-9H2,1-3H3,(H,15,16). The highest BCUT2D eigenvalue weighted by atomic mass is 16.5. The number of nitrogens with one attached hydrogen (secondary N) is 2. The van der Waals surface area contributed by atoms with Crippen LogP contribution < -0.4 is 15.4 Å². The molecule has 94 valence electrons. The van der Waals surface area contributed by atoms with E-state index in [-0.39, 0.29) is 5.91 Å². The van der Waals surface area contributed by atoms with E-state index in [1.54, 1.807) is 7.11 Å². The summed E-state index contributed by atoms with van der Waals surface area (Å²) in [5.41, 5.74) is 0.792. The van der Waals surface area contributed by atoms with E-state index in [1.165, 1.54) is 0 Å². The van der Waals surface area contributed by atoms with Crippen LogP contribution in [0.5, 0.6) is 5.75 Å². The first-order valence-corrected chi connectivity index (χ1v) is 5.79. The molecular formula is C13H20N2O2. The molecule has 0 saturated heterocycles. The minimum Gasteiger partial charge on any atom is -0.497 e. The lowest BCUT2D eigenvalue weighted by atomic mass is 10.3. The first-order chi connectivity index (χ1) is 8.11. The summed E-state index contributed by atoms with van der Waals surface area (Å²) in [5.74, 6) is 0.799. The van der Waals surface area contributed by atoms with E-state index in [9.17, 15) is 4.79 Å². The second-order valence-corrected chi connectivity index (χ2v) is 4.14. The quantitative estimate of drug-likeness (QED) is 0.794. The van der Waals surface area contributed by atoms with E-state index in [1.807, 2.05) is 24.3 Å². The molecule has 0 saturated carbocycles. The van der Waals surface area contributed by atoms with Gasteiger partial charge in [0, 0.05) is 24.7 Å². The van der Waals surface area contributed by atoms with Crippen LogP contribution in [0.2, 0.25) is 0 Å². The lowest BCUT2D eigenvalue weighted by molar-refractivity contribution is -0.116. The zero-order valence-electron chi connectivity index (χ0n) is 10.6. The van der Waals surface area contributed by atoms with Gasteiger partial charge in [0.15, 0.2) is 0 Å². The van der Waals surface area contributed by atoms with Crippen molar-refractivity contribution in [2.75, 3.05) is 19.0 Å². The third-order valence-electron chi connectivity index (χ3n) is 2.28. The zero-order valence-corrected chi connectivity index (χ0v) is 10.6. The number of methoxy groups -OCH3 is 1. The minimum absolute atomic E-state index is 0.0170. The highest BCUT2D eigenvalue weighted by molar-refractivity contribution is 5.90. The van der Waals surface area contributed by atoms with Crippen molar-refractivity contribution in [3.8, 4) is 5.75 Å². The molecule has 2 N–H and O–H groups in total. The smallest absolute Gasteiger partial charge is 0.225 e. The normalized spacial score (nSPS) is 10.4. The molecule has 0 aromatic heterocycles. The lowest BCUT2D eigenvalue weighted by Crippen LogP contribution is -2.27. The summed E-state index contributed by atoms with van der Waals surface area (Å²) in [7, 11) is 1.62. The molecule has 1 amide bonds. The molecule has 4 heteroatoms. The van der Waals surface area contributed by atoms with E-state index >= 15 is 0 Å². The highest BCUT2D eigenvalue weighted by Crippen LogP contribution is 2.14. The van der Waals surface area contributed by atoms with E-state index < -0.39 is 0 Å². The van der Waals surface area contributed by atoms with Gasteiger partial charge in [0.2, 0.25) is 5.91 Å². The molecule has 17 heavy (non-hydrogen) atoms. The summed E-state index contributed by atoms with van der Waals surface area (Å²) in [6.45, 7) is 4.81. The Morgan fingerprint density at radius 2 is 1.94 bits per heavy atom. The van der Waals surface area contributed by atoms with Crippen LogP contribution in [0.3, 0.4) is 0 Å². The maximum absolute atomic E-state index is 11.6. The molecule has 1 aromatic carbocycles. The van der Waals surface area contributed by atoms with Crippen molar-refractivity contribution in [2.45, 2.75) is 26.3 Å². The van der Waals surface area contributed by atoms with Crippen LogP contribution in [0.15, 0.2) is 24.3 Å². The molecule has 0 atom stereocenters. The van der Waals surface area contributed by atoms with Gasteiger partial charge in [0.25, 0.3) is 0 Å². The van der Waals surface area contributed by atoms with Gasteiger partial charge in [-0.3, -0.25) is 4.79 Å². The first-order valence-electron chi connectivity index (χ1n) is 5.79. The van der Waals surface area contributed by atoms with Gasteiger partial charge in [-0.1, -0.05) is 13.8 Å². The fourth-order valence-electron chi connectivity index (χ4n) is 1.37. The molecular weight excluding hydrogens is 216 g/mol. The number of ether oxygens (including phenoxy) is 1. The van der Waals surface area contributed by atoms with Crippen molar-refractivity contribution in [1.82, 2.24) is 5.32 Å². The van der Waals surface area contributed by atoms with E-state index in [0.717, 1.165) is 11.4 Å². The fourth-order valence-corrected chi connectivity index (χ4v) is 1.37. The third kappa shape index (κ3) is 5.36. The average molecular weight is 236 g/mol. The number of benzene rings is 1. The Balaban J connectivity index is 2.34. The molecule has 0 aliphatic carbocycles. The van der Waals surface area contributed by atoms with Crippen LogP contribution in [-0.2, 0) is 4.79 Å². The van der Waals surface area contributed by atoms with Crippen molar-refractivity contribution in [1.29, 1.82) is 0 Å². The van der Waals surface area contributed by atoms with Crippen molar-refractivity contribution < 1.29 is 9.53 Å². The molecule has 0 aliphatic rings. The Labute approximate surface area is 102 Å². The van der Waals surface area contributed by atoms with Crippen molar-refractivity contribution >= 4 is 11.6 Å². The maximum atomic E-state index is 11.6. The van der Waals surface area contributed by atoms with Gasteiger partial charge in [-0.15, -0.1) is 0 Å². The van der Waals surface area contributed by atoms with Crippen LogP contribution in [0.25, 0.3) is 0 Å². The molecule has 0 radical (unpaired) electrons. The van der Waals surface area contributed by atoms with Crippen LogP contribution >= 0.6 is 0 Å². The van der Waals surface area contributed by atoms with Gasteiger partial charge in [-0.2, -0.15) is 0 Å². The summed E-state index contributed by atoms with van der Waals surface area (Å²) in [5, 5.41) is 6.03. The first kappa shape index (κ1) is 13.5. The number of carbonyl (C=O) groups is 1. The predicted molar refractivity (Wildman–Crippen MR) is 69.4 cm³/mol. The van der Waals surface area contributed by atoms with Crippen molar-refractivity contribution in [3.63, 3.8) is 0 Å². The Morgan fingerprint density at radius 1 is 1.29 bits per heavy atom. The molecule has 0 aliphatic heterocycles. The molecule has 0 unspecified atom stereocenters. The minimum atomic E-state index is 0.0170. The third-order valence-corrected chi connectivity index (χ3v) is 2.28. The van der Waals surface area contributed by atoms with Gasteiger partial charge >= 0.3 is 0 Å². The largest absolute Gasteiger partial charge is 0.497 e. The molecule has 0 spiro atoms. The molecule has 1 aromatic rings. The summed E-state index contributed by atoms with van der Waals surface area (Å²) in [6, 6.07) is 7.70. The predicted octanol–water partition coefficient (Wildman–Crippen LogP) is 2.02.